The van der Waals surface area contributed by atoms with Crippen LogP contribution in [-0.4, -0.2) is 25.8 Å². The molecule has 9 heteroatoms. The number of carbonyl (C=O) groups is 1. The molecule has 0 radical (unpaired) electrons. The van der Waals surface area contributed by atoms with Gasteiger partial charge in [0.05, 0.1) is 17.6 Å². The summed E-state index contributed by atoms with van der Waals surface area (Å²) in [6.07, 6.45) is 4.39. The number of imidazole rings is 1. The fraction of sp³-hybridized carbons (Fsp3) is 0.0909. The van der Waals surface area contributed by atoms with E-state index >= 15 is 0 Å². The molecule has 0 fully saturated rings. The third kappa shape index (κ3) is 2.36. The second-order valence-corrected chi connectivity index (χ2v) is 4.81. The van der Waals surface area contributed by atoms with Crippen molar-refractivity contribution in [3.63, 3.8) is 0 Å². The number of H-pyrrole nitrogens is 1. The van der Waals surface area contributed by atoms with Crippen LogP contribution in [0.3, 0.4) is 0 Å². The van der Waals surface area contributed by atoms with Crippen molar-refractivity contribution in [2.45, 2.75) is 10.8 Å². The Morgan fingerprint density at radius 2 is 2.35 bits per heavy atom. The number of thioether (sulfide) groups is 1. The third-order valence-electron chi connectivity index (χ3n) is 2.59. The number of hydrogen-bond donors (Lipinski definition) is 3. The SMILES string of the molecule is NNC(=O)c1coc(CSc2ncnc3nc[nH]c23)c1. The van der Waals surface area contributed by atoms with Gasteiger partial charge in [-0.3, -0.25) is 10.2 Å². The summed E-state index contributed by atoms with van der Waals surface area (Å²) in [6, 6.07) is 1.64. The van der Waals surface area contributed by atoms with E-state index in [0.717, 1.165) is 10.5 Å². The number of amides is 1. The minimum Gasteiger partial charge on any atom is -0.468 e. The van der Waals surface area contributed by atoms with Gasteiger partial charge >= 0.3 is 0 Å². The van der Waals surface area contributed by atoms with Gasteiger partial charge in [0.1, 0.15) is 28.9 Å². The minimum absolute atomic E-state index is 0.386. The molecule has 3 rings (SSSR count). The van der Waals surface area contributed by atoms with Crippen molar-refractivity contribution in [3.05, 3.63) is 36.3 Å². The van der Waals surface area contributed by atoms with Gasteiger partial charge in [-0.15, -0.1) is 0 Å². The summed E-state index contributed by atoms with van der Waals surface area (Å²) in [7, 11) is 0. The Morgan fingerprint density at radius 3 is 3.20 bits per heavy atom. The Balaban J connectivity index is 1.75. The number of hydrazine groups is 1. The first-order chi connectivity index (χ1) is 9.78. The zero-order valence-corrected chi connectivity index (χ0v) is 11.0. The van der Waals surface area contributed by atoms with Crippen molar-refractivity contribution >= 4 is 28.8 Å². The quantitative estimate of drug-likeness (QED) is 0.214. The maximum absolute atomic E-state index is 11.3. The van der Waals surface area contributed by atoms with Crippen LogP contribution in [0.2, 0.25) is 0 Å². The fourth-order valence-electron chi connectivity index (χ4n) is 1.65. The number of nitrogens with zero attached hydrogens (tertiary/aromatic N) is 3. The zero-order chi connectivity index (χ0) is 13.9. The molecule has 3 aromatic heterocycles. The van der Waals surface area contributed by atoms with Gasteiger partial charge in [0.15, 0.2) is 5.65 Å². The number of nitrogen functional groups attached to an aromatic ring is 1. The van der Waals surface area contributed by atoms with E-state index in [4.69, 9.17) is 10.3 Å². The van der Waals surface area contributed by atoms with E-state index in [1.807, 2.05) is 5.43 Å². The van der Waals surface area contributed by atoms with E-state index in [9.17, 15) is 4.79 Å². The number of furan rings is 1. The molecule has 8 nitrogen and oxygen atoms in total. The molecule has 0 aliphatic rings. The molecule has 0 saturated carbocycles. The van der Waals surface area contributed by atoms with Crippen LogP contribution < -0.4 is 11.3 Å². The second kappa shape index (κ2) is 5.31. The molecule has 4 N–H and O–H groups in total. The van der Waals surface area contributed by atoms with Gasteiger partial charge in [-0.1, -0.05) is 11.8 Å². The lowest BCUT2D eigenvalue weighted by atomic mass is 10.3. The molecule has 0 aromatic carbocycles. The smallest absolute Gasteiger partial charge is 0.268 e. The fourth-order valence-corrected chi connectivity index (χ4v) is 2.50. The predicted octanol–water partition coefficient (Wildman–Crippen LogP) is 0.842. The summed E-state index contributed by atoms with van der Waals surface area (Å²) in [6.45, 7) is 0. The van der Waals surface area contributed by atoms with Crippen LogP contribution in [0.4, 0.5) is 0 Å². The number of fused-ring (bicyclic) bond motifs is 1. The predicted molar refractivity (Wildman–Crippen MR) is 71.6 cm³/mol. The van der Waals surface area contributed by atoms with Crippen LogP contribution in [0.15, 0.2) is 34.4 Å². The van der Waals surface area contributed by atoms with Gasteiger partial charge in [0.2, 0.25) is 0 Å². The molecule has 0 aliphatic carbocycles. The highest BCUT2D eigenvalue weighted by molar-refractivity contribution is 7.98. The van der Waals surface area contributed by atoms with Crippen molar-refractivity contribution < 1.29 is 9.21 Å². The molecule has 0 aliphatic heterocycles. The Hall–Kier alpha value is -2.39. The first-order valence-electron chi connectivity index (χ1n) is 5.63. The minimum atomic E-state index is -0.386. The number of aromatic nitrogens is 4. The van der Waals surface area contributed by atoms with E-state index in [1.165, 1.54) is 24.4 Å². The van der Waals surface area contributed by atoms with Gasteiger partial charge in [0, 0.05) is 0 Å². The van der Waals surface area contributed by atoms with Crippen LogP contribution in [0, 0.1) is 0 Å². The molecule has 0 atom stereocenters. The van der Waals surface area contributed by atoms with Crippen LogP contribution in [0.25, 0.3) is 11.2 Å². The molecule has 0 saturated heterocycles. The molecule has 3 aromatic rings. The first-order valence-corrected chi connectivity index (χ1v) is 6.61. The van der Waals surface area contributed by atoms with E-state index in [2.05, 4.69) is 19.9 Å². The van der Waals surface area contributed by atoms with Crippen LogP contribution in [0.5, 0.6) is 0 Å². The van der Waals surface area contributed by atoms with E-state index < -0.39 is 0 Å². The molecule has 0 bridgehead atoms. The molecule has 1 amide bonds. The van der Waals surface area contributed by atoms with Crippen LogP contribution in [0.1, 0.15) is 16.1 Å². The maximum atomic E-state index is 11.3. The van der Waals surface area contributed by atoms with E-state index in [0.29, 0.717) is 22.7 Å². The molecular weight excluding hydrogens is 280 g/mol. The Bertz CT molecular complexity index is 752. The van der Waals surface area contributed by atoms with Crippen LogP contribution in [-0.2, 0) is 5.75 Å². The van der Waals surface area contributed by atoms with Crippen molar-refractivity contribution in [1.82, 2.24) is 25.4 Å². The number of nitrogens with two attached hydrogens (primary N) is 1. The molecule has 0 unspecified atom stereocenters. The summed E-state index contributed by atoms with van der Waals surface area (Å²) in [4.78, 5) is 26.6. The normalized spacial score (nSPS) is 10.8. The lowest BCUT2D eigenvalue weighted by Crippen LogP contribution is -2.29. The van der Waals surface area contributed by atoms with Crippen molar-refractivity contribution in [2.75, 3.05) is 0 Å². The summed E-state index contributed by atoms with van der Waals surface area (Å²) in [5.74, 6) is 5.85. The molecule has 102 valence electrons. The zero-order valence-electron chi connectivity index (χ0n) is 10.2. The van der Waals surface area contributed by atoms with Crippen molar-refractivity contribution in [3.8, 4) is 0 Å². The summed E-state index contributed by atoms with van der Waals surface area (Å²) in [5, 5.41) is 0.772. The number of nitrogens with one attached hydrogen (secondary N) is 2. The first kappa shape index (κ1) is 12.6. The second-order valence-electron chi connectivity index (χ2n) is 3.84. The number of carbonyl (C=O) groups excluding carboxylic acids is 1. The Kier molecular flexibility index (Phi) is 3.35. The number of aromatic amines is 1. The molecule has 0 spiro atoms. The Labute approximate surface area is 117 Å². The van der Waals surface area contributed by atoms with Gasteiger partial charge in [-0.05, 0) is 6.07 Å². The van der Waals surface area contributed by atoms with Crippen LogP contribution >= 0.6 is 11.8 Å². The number of rotatable bonds is 4. The summed E-state index contributed by atoms with van der Waals surface area (Å²) < 4.78 is 5.30. The van der Waals surface area contributed by atoms with E-state index in [1.54, 1.807) is 12.4 Å². The molecule has 20 heavy (non-hydrogen) atoms. The largest absolute Gasteiger partial charge is 0.468 e. The standard InChI is InChI=1S/C11H10N6O2S/c12-17-10(18)6-1-7(19-2-6)3-20-11-8-9(14-4-13-8)15-5-16-11/h1-2,4-5H,3,12H2,(H,17,18)(H,13,14,15,16). The highest BCUT2D eigenvalue weighted by Crippen LogP contribution is 2.26. The highest BCUT2D eigenvalue weighted by Gasteiger charge is 2.11. The average molecular weight is 290 g/mol. The molecule has 3 heterocycles. The number of hydrogen-bond acceptors (Lipinski definition) is 7. The van der Waals surface area contributed by atoms with Gasteiger partial charge in [-0.25, -0.2) is 20.8 Å². The summed E-state index contributed by atoms with van der Waals surface area (Å²) >= 11 is 1.46. The lowest BCUT2D eigenvalue weighted by Gasteiger charge is -1.98. The average Bonchev–Trinajstić information content (AvgIpc) is 3.13. The van der Waals surface area contributed by atoms with Crippen molar-refractivity contribution in [2.24, 2.45) is 5.84 Å². The van der Waals surface area contributed by atoms with E-state index in [-0.39, 0.29) is 5.91 Å². The highest BCUT2D eigenvalue weighted by atomic mass is 32.2. The Morgan fingerprint density at radius 1 is 1.45 bits per heavy atom. The third-order valence-corrected chi connectivity index (χ3v) is 3.60. The van der Waals surface area contributed by atoms with Crippen molar-refractivity contribution in [1.29, 1.82) is 0 Å². The lowest BCUT2D eigenvalue weighted by molar-refractivity contribution is 0.0953. The van der Waals surface area contributed by atoms with Gasteiger partial charge < -0.3 is 9.40 Å². The molecular formula is C11H10N6O2S. The van der Waals surface area contributed by atoms with Gasteiger partial charge in [-0.2, -0.15) is 0 Å². The summed E-state index contributed by atoms with van der Waals surface area (Å²) in [5.41, 5.74) is 3.83. The topological polar surface area (TPSA) is 123 Å². The monoisotopic (exact) mass is 290 g/mol. The maximum Gasteiger partial charge on any atom is 0.268 e. The van der Waals surface area contributed by atoms with Gasteiger partial charge in [0.25, 0.3) is 5.91 Å².